The lowest BCUT2D eigenvalue weighted by molar-refractivity contribution is -0.118. The first kappa shape index (κ1) is 18.4. The molecule has 28 heavy (non-hydrogen) atoms. The van der Waals surface area contributed by atoms with Gasteiger partial charge in [0.2, 0.25) is 5.91 Å². The van der Waals surface area contributed by atoms with Crippen molar-refractivity contribution in [2.75, 3.05) is 18.4 Å². The van der Waals surface area contributed by atoms with Crippen molar-refractivity contribution < 1.29 is 18.4 Å². The number of hydrogen-bond acceptors (Lipinski definition) is 2. The average Bonchev–Trinajstić information content (AvgIpc) is 3.20. The van der Waals surface area contributed by atoms with Gasteiger partial charge in [-0.2, -0.15) is 0 Å². The van der Waals surface area contributed by atoms with Crippen molar-refractivity contribution >= 4 is 17.6 Å². The van der Waals surface area contributed by atoms with Crippen molar-refractivity contribution in [3.05, 3.63) is 65.7 Å². The van der Waals surface area contributed by atoms with Gasteiger partial charge in [0.05, 0.1) is 0 Å². The molecule has 2 unspecified atom stereocenters. The van der Waals surface area contributed by atoms with Crippen LogP contribution in [0, 0.1) is 23.0 Å². The second-order valence-electron chi connectivity index (χ2n) is 7.58. The Kier molecular flexibility index (Phi) is 4.75. The number of hydrogen-bond donors (Lipinski definition) is 2. The third-order valence-corrected chi connectivity index (χ3v) is 5.60. The first-order valence-electron chi connectivity index (χ1n) is 9.29. The molecule has 146 valence electrons. The lowest BCUT2D eigenvalue weighted by Gasteiger charge is -2.17. The average molecular weight is 385 g/mol. The molecule has 0 bridgehead atoms. The van der Waals surface area contributed by atoms with E-state index in [1.54, 1.807) is 29.2 Å². The topological polar surface area (TPSA) is 61.4 Å². The lowest BCUT2D eigenvalue weighted by Crippen LogP contribution is -2.38. The molecular weight excluding hydrogens is 364 g/mol. The highest BCUT2D eigenvalue weighted by molar-refractivity contribution is 5.95. The molecule has 2 aromatic carbocycles. The largest absolute Gasteiger partial charge is 0.334 e. The highest BCUT2D eigenvalue weighted by Crippen LogP contribution is 2.58. The Morgan fingerprint density at radius 3 is 2.61 bits per heavy atom. The minimum Gasteiger partial charge on any atom is -0.334 e. The summed E-state index contributed by atoms with van der Waals surface area (Å²) >= 11 is 0. The normalized spacial score (nSPS) is 22.9. The Morgan fingerprint density at radius 1 is 1.11 bits per heavy atom. The maximum absolute atomic E-state index is 13.3. The van der Waals surface area contributed by atoms with Gasteiger partial charge in [0.15, 0.2) is 0 Å². The number of halogens is 2. The molecule has 2 aromatic rings. The quantitative estimate of drug-likeness (QED) is 0.846. The zero-order valence-corrected chi connectivity index (χ0v) is 15.3. The number of nitrogens with zero attached hydrogens (tertiary/aromatic N) is 1. The van der Waals surface area contributed by atoms with Gasteiger partial charge < -0.3 is 15.5 Å². The van der Waals surface area contributed by atoms with E-state index in [0.717, 1.165) is 12.8 Å². The number of rotatable bonds is 4. The molecule has 2 aliphatic rings. The molecule has 4 rings (SSSR count). The van der Waals surface area contributed by atoms with Crippen LogP contribution < -0.4 is 10.6 Å². The second-order valence-corrected chi connectivity index (χ2v) is 7.58. The summed E-state index contributed by atoms with van der Waals surface area (Å²) in [4.78, 5) is 26.6. The molecule has 1 heterocycles. The molecule has 0 aromatic heterocycles. The number of anilines is 1. The Balaban J connectivity index is 1.29. The van der Waals surface area contributed by atoms with Crippen LogP contribution in [0.4, 0.5) is 19.3 Å². The molecule has 0 radical (unpaired) electrons. The molecule has 5 nitrogen and oxygen atoms in total. The molecule has 2 atom stereocenters. The molecule has 1 aliphatic heterocycles. The van der Waals surface area contributed by atoms with E-state index in [1.807, 2.05) is 0 Å². The van der Waals surface area contributed by atoms with Crippen molar-refractivity contribution in [1.82, 2.24) is 10.2 Å². The summed E-state index contributed by atoms with van der Waals surface area (Å²) in [6, 6.07) is 11.7. The van der Waals surface area contributed by atoms with Gasteiger partial charge in [-0.25, -0.2) is 13.6 Å². The van der Waals surface area contributed by atoms with E-state index in [-0.39, 0.29) is 35.6 Å². The van der Waals surface area contributed by atoms with Gasteiger partial charge in [0, 0.05) is 36.7 Å². The first-order chi connectivity index (χ1) is 13.4. The molecule has 3 amide bonds. The van der Waals surface area contributed by atoms with Gasteiger partial charge in [-0.15, -0.1) is 0 Å². The maximum atomic E-state index is 13.3. The van der Waals surface area contributed by atoms with E-state index >= 15 is 0 Å². The molecule has 2 fully saturated rings. The van der Waals surface area contributed by atoms with Crippen LogP contribution in [0.15, 0.2) is 48.5 Å². The Morgan fingerprint density at radius 2 is 1.86 bits per heavy atom. The van der Waals surface area contributed by atoms with E-state index in [0.29, 0.717) is 24.3 Å². The fourth-order valence-corrected chi connectivity index (χ4v) is 3.97. The van der Waals surface area contributed by atoms with Crippen molar-refractivity contribution in [2.45, 2.75) is 19.4 Å². The van der Waals surface area contributed by atoms with Crippen molar-refractivity contribution in [2.24, 2.45) is 11.3 Å². The SMILES string of the molecule is O=C(Nc1cccc(F)c1)C1CC12CCN(C(=O)NCc1cccc(F)c1)C2. The number of carbonyl (C=O) groups is 2. The number of likely N-dealkylation sites (tertiary alicyclic amines) is 1. The summed E-state index contributed by atoms with van der Waals surface area (Å²) in [7, 11) is 0. The fourth-order valence-electron chi connectivity index (χ4n) is 3.97. The smallest absolute Gasteiger partial charge is 0.317 e. The van der Waals surface area contributed by atoms with E-state index in [4.69, 9.17) is 0 Å². The second kappa shape index (κ2) is 7.22. The molecule has 2 N–H and O–H groups in total. The third kappa shape index (κ3) is 3.83. The number of nitrogens with one attached hydrogen (secondary N) is 2. The van der Waals surface area contributed by atoms with Crippen LogP contribution in [-0.2, 0) is 11.3 Å². The molecule has 1 saturated heterocycles. The van der Waals surface area contributed by atoms with Gasteiger partial charge in [-0.3, -0.25) is 4.79 Å². The number of amides is 3. The maximum Gasteiger partial charge on any atom is 0.317 e. The highest BCUT2D eigenvalue weighted by atomic mass is 19.1. The number of benzene rings is 2. The minimum absolute atomic E-state index is 0.132. The van der Waals surface area contributed by atoms with Crippen LogP contribution in [0.1, 0.15) is 18.4 Å². The zero-order chi connectivity index (χ0) is 19.7. The van der Waals surface area contributed by atoms with Crippen LogP contribution in [0.3, 0.4) is 0 Å². The van der Waals surface area contributed by atoms with Crippen LogP contribution in [-0.4, -0.2) is 29.9 Å². The van der Waals surface area contributed by atoms with E-state index in [1.165, 1.54) is 24.3 Å². The molecular formula is C21H21F2N3O2. The molecule has 1 aliphatic carbocycles. The molecule has 1 spiro atoms. The van der Waals surface area contributed by atoms with Gasteiger partial charge in [0.1, 0.15) is 11.6 Å². The van der Waals surface area contributed by atoms with Gasteiger partial charge >= 0.3 is 6.03 Å². The van der Waals surface area contributed by atoms with Crippen LogP contribution in [0.2, 0.25) is 0 Å². The Labute approximate surface area is 161 Å². The van der Waals surface area contributed by atoms with Crippen LogP contribution >= 0.6 is 0 Å². The standard InChI is InChI=1S/C21H21F2N3O2/c22-15-4-1-3-14(9-15)12-24-20(28)26-8-7-21(13-26)11-18(21)19(27)25-17-6-2-5-16(23)10-17/h1-6,9-10,18H,7-8,11-13H2,(H,24,28)(H,25,27). The predicted octanol–water partition coefficient (Wildman–Crippen LogP) is 3.53. The molecule has 7 heteroatoms. The third-order valence-electron chi connectivity index (χ3n) is 5.60. The van der Waals surface area contributed by atoms with Crippen LogP contribution in [0.25, 0.3) is 0 Å². The van der Waals surface area contributed by atoms with Gasteiger partial charge in [-0.05, 0) is 48.7 Å². The van der Waals surface area contributed by atoms with Crippen molar-refractivity contribution in [1.29, 1.82) is 0 Å². The summed E-state index contributed by atoms with van der Waals surface area (Å²) < 4.78 is 26.5. The van der Waals surface area contributed by atoms with E-state index in [2.05, 4.69) is 10.6 Å². The van der Waals surface area contributed by atoms with Crippen molar-refractivity contribution in [3.63, 3.8) is 0 Å². The summed E-state index contributed by atoms with van der Waals surface area (Å²) in [5, 5.41) is 5.56. The van der Waals surface area contributed by atoms with Crippen LogP contribution in [0.5, 0.6) is 0 Å². The Bertz CT molecular complexity index is 920. The lowest BCUT2D eigenvalue weighted by atomic mass is 10.0. The zero-order valence-electron chi connectivity index (χ0n) is 15.3. The van der Waals surface area contributed by atoms with Crippen molar-refractivity contribution in [3.8, 4) is 0 Å². The van der Waals surface area contributed by atoms with Gasteiger partial charge in [0.25, 0.3) is 0 Å². The number of carbonyl (C=O) groups excluding carboxylic acids is 2. The summed E-state index contributed by atoms with van der Waals surface area (Å²) in [6.45, 7) is 1.35. The Hall–Kier alpha value is -2.96. The summed E-state index contributed by atoms with van der Waals surface area (Å²) in [5.74, 6) is -1.04. The van der Waals surface area contributed by atoms with E-state index in [9.17, 15) is 18.4 Å². The summed E-state index contributed by atoms with van der Waals surface area (Å²) in [5.41, 5.74) is 0.948. The molecule has 1 saturated carbocycles. The summed E-state index contributed by atoms with van der Waals surface area (Å²) in [6.07, 6.45) is 1.49. The predicted molar refractivity (Wildman–Crippen MR) is 100 cm³/mol. The first-order valence-corrected chi connectivity index (χ1v) is 9.29. The highest BCUT2D eigenvalue weighted by Gasteiger charge is 2.61. The monoisotopic (exact) mass is 385 g/mol. The van der Waals surface area contributed by atoms with E-state index < -0.39 is 5.82 Å². The number of urea groups is 1. The van der Waals surface area contributed by atoms with Gasteiger partial charge in [-0.1, -0.05) is 18.2 Å². The minimum atomic E-state index is -0.398. The fraction of sp³-hybridized carbons (Fsp3) is 0.333.